The van der Waals surface area contributed by atoms with Gasteiger partial charge in [-0.05, 0) is 49.2 Å². The molecule has 2 heterocycles. The number of hydrogen-bond donors (Lipinski definition) is 1. The highest BCUT2D eigenvalue weighted by Crippen LogP contribution is 2.42. The van der Waals surface area contributed by atoms with Gasteiger partial charge in [-0.25, -0.2) is 4.98 Å². The number of benzene rings is 2. The van der Waals surface area contributed by atoms with E-state index in [0.29, 0.717) is 15.6 Å². The number of H-pyrrole nitrogens is 1. The van der Waals surface area contributed by atoms with Crippen LogP contribution in [-0.4, -0.2) is 28.0 Å². The summed E-state index contributed by atoms with van der Waals surface area (Å²) in [6, 6.07) is 15.9. The average molecular weight is 414 g/mol. The maximum Gasteiger partial charge on any atom is 0.254 e. The van der Waals surface area contributed by atoms with E-state index in [1.165, 1.54) is 6.33 Å². The van der Waals surface area contributed by atoms with Crippen molar-refractivity contribution in [1.29, 1.82) is 0 Å². The Morgan fingerprint density at radius 3 is 2.39 bits per heavy atom. The SMILES string of the molecule is O=c1[nH]cncc1C(c1ccccc1)C(c1ccc(Cl)c(Cl)c1)N1CCCC1. The Labute approximate surface area is 174 Å². The third-order valence-electron chi connectivity index (χ3n) is 5.37. The zero-order valence-electron chi connectivity index (χ0n) is 15.3. The van der Waals surface area contributed by atoms with Crippen molar-refractivity contribution in [3.8, 4) is 0 Å². The van der Waals surface area contributed by atoms with E-state index in [-0.39, 0.29) is 17.5 Å². The minimum atomic E-state index is -0.172. The lowest BCUT2D eigenvalue weighted by Crippen LogP contribution is -2.33. The number of nitrogens with one attached hydrogen (secondary N) is 1. The van der Waals surface area contributed by atoms with Gasteiger partial charge in [0.2, 0.25) is 0 Å². The molecular weight excluding hydrogens is 393 g/mol. The second-order valence-electron chi connectivity index (χ2n) is 7.09. The van der Waals surface area contributed by atoms with Crippen LogP contribution in [0.4, 0.5) is 0 Å². The van der Waals surface area contributed by atoms with Gasteiger partial charge in [-0.3, -0.25) is 9.69 Å². The molecule has 4 nitrogen and oxygen atoms in total. The molecule has 2 unspecified atom stereocenters. The fourth-order valence-corrected chi connectivity index (χ4v) is 4.41. The van der Waals surface area contributed by atoms with Crippen LogP contribution in [0.2, 0.25) is 10.0 Å². The molecule has 2 atom stereocenters. The fourth-order valence-electron chi connectivity index (χ4n) is 4.10. The van der Waals surface area contributed by atoms with E-state index >= 15 is 0 Å². The molecule has 0 bridgehead atoms. The van der Waals surface area contributed by atoms with Crippen LogP contribution in [0.15, 0.2) is 65.8 Å². The maximum absolute atomic E-state index is 12.7. The van der Waals surface area contributed by atoms with Crippen LogP contribution in [0.3, 0.4) is 0 Å². The van der Waals surface area contributed by atoms with Crippen LogP contribution in [-0.2, 0) is 0 Å². The molecule has 0 radical (unpaired) electrons. The Bertz CT molecular complexity index is 1000. The largest absolute Gasteiger partial charge is 0.313 e. The van der Waals surface area contributed by atoms with Gasteiger partial charge < -0.3 is 4.98 Å². The van der Waals surface area contributed by atoms with Crippen LogP contribution in [0.1, 0.15) is 41.5 Å². The molecule has 0 amide bonds. The predicted octanol–water partition coefficient (Wildman–Crippen LogP) is 5.05. The van der Waals surface area contributed by atoms with Crippen molar-refractivity contribution in [2.24, 2.45) is 0 Å². The predicted molar refractivity (Wildman–Crippen MR) is 113 cm³/mol. The molecular formula is C22H21Cl2N3O. The molecule has 1 N–H and O–H groups in total. The van der Waals surface area contributed by atoms with Crippen molar-refractivity contribution in [3.05, 3.63) is 98.1 Å². The number of aromatic nitrogens is 2. The van der Waals surface area contributed by atoms with Gasteiger partial charge in [0.05, 0.1) is 16.4 Å². The second kappa shape index (κ2) is 8.48. The molecule has 28 heavy (non-hydrogen) atoms. The van der Waals surface area contributed by atoms with Gasteiger partial charge in [-0.1, -0.05) is 59.6 Å². The Morgan fingerprint density at radius 1 is 0.964 bits per heavy atom. The summed E-state index contributed by atoms with van der Waals surface area (Å²) in [4.78, 5) is 22.1. The zero-order chi connectivity index (χ0) is 19.5. The molecule has 6 heteroatoms. The van der Waals surface area contributed by atoms with Crippen molar-refractivity contribution in [2.75, 3.05) is 13.1 Å². The summed E-state index contributed by atoms with van der Waals surface area (Å²) in [5.41, 5.74) is 2.65. The lowest BCUT2D eigenvalue weighted by molar-refractivity contribution is 0.224. The van der Waals surface area contributed by atoms with Gasteiger partial charge in [-0.15, -0.1) is 0 Å². The van der Waals surface area contributed by atoms with Gasteiger partial charge in [0.25, 0.3) is 5.56 Å². The van der Waals surface area contributed by atoms with Crippen molar-refractivity contribution in [3.63, 3.8) is 0 Å². The quantitative estimate of drug-likeness (QED) is 0.636. The van der Waals surface area contributed by atoms with Crippen LogP contribution in [0, 0.1) is 0 Å². The minimum Gasteiger partial charge on any atom is -0.313 e. The highest BCUT2D eigenvalue weighted by Gasteiger charge is 2.34. The Morgan fingerprint density at radius 2 is 1.71 bits per heavy atom. The fraction of sp³-hybridized carbons (Fsp3) is 0.273. The third-order valence-corrected chi connectivity index (χ3v) is 6.11. The van der Waals surface area contributed by atoms with E-state index in [1.54, 1.807) is 6.20 Å². The summed E-state index contributed by atoms with van der Waals surface area (Å²) >= 11 is 12.5. The summed E-state index contributed by atoms with van der Waals surface area (Å²) in [6.45, 7) is 1.96. The maximum atomic E-state index is 12.7. The first-order valence-electron chi connectivity index (χ1n) is 9.41. The van der Waals surface area contributed by atoms with Crippen molar-refractivity contribution < 1.29 is 0 Å². The van der Waals surface area contributed by atoms with E-state index in [4.69, 9.17) is 23.2 Å². The standard InChI is InChI=1S/C22H21Cl2N3O/c23-18-9-8-16(12-19(18)24)21(27-10-4-5-11-27)20(15-6-2-1-3-7-15)17-13-25-14-26-22(17)28/h1-3,6-9,12-14,20-21H,4-5,10-11H2,(H,25,26,28). The van der Waals surface area contributed by atoms with Crippen LogP contribution >= 0.6 is 23.2 Å². The number of aromatic amines is 1. The summed E-state index contributed by atoms with van der Waals surface area (Å²) in [5, 5.41) is 1.05. The summed E-state index contributed by atoms with van der Waals surface area (Å²) in [5.74, 6) is -0.172. The molecule has 1 saturated heterocycles. The van der Waals surface area contributed by atoms with Crippen LogP contribution < -0.4 is 5.56 Å². The molecule has 2 aromatic carbocycles. The molecule has 1 aromatic heterocycles. The molecule has 0 aliphatic carbocycles. The lowest BCUT2D eigenvalue weighted by Gasteiger charge is -2.35. The van der Waals surface area contributed by atoms with E-state index < -0.39 is 0 Å². The highest BCUT2D eigenvalue weighted by atomic mass is 35.5. The highest BCUT2D eigenvalue weighted by molar-refractivity contribution is 6.42. The molecule has 0 spiro atoms. The summed E-state index contributed by atoms with van der Waals surface area (Å²) in [6.07, 6.45) is 5.39. The second-order valence-corrected chi connectivity index (χ2v) is 7.90. The lowest BCUT2D eigenvalue weighted by atomic mass is 9.82. The van der Waals surface area contributed by atoms with Gasteiger partial charge in [-0.2, -0.15) is 0 Å². The van der Waals surface area contributed by atoms with E-state index in [0.717, 1.165) is 37.1 Å². The van der Waals surface area contributed by atoms with Crippen molar-refractivity contribution >= 4 is 23.2 Å². The van der Waals surface area contributed by atoms with E-state index in [1.807, 2.05) is 36.4 Å². The smallest absolute Gasteiger partial charge is 0.254 e. The number of hydrogen-bond acceptors (Lipinski definition) is 3. The normalized spacial score (nSPS) is 16.8. The number of rotatable bonds is 5. The Kier molecular flexibility index (Phi) is 5.81. The monoisotopic (exact) mass is 413 g/mol. The number of nitrogens with zero attached hydrogens (tertiary/aromatic N) is 2. The van der Waals surface area contributed by atoms with E-state index in [9.17, 15) is 4.79 Å². The first-order valence-corrected chi connectivity index (χ1v) is 10.2. The molecule has 1 aliphatic heterocycles. The van der Waals surface area contributed by atoms with Gasteiger partial charge in [0.1, 0.15) is 0 Å². The average Bonchev–Trinajstić information content (AvgIpc) is 3.24. The molecule has 4 rings (SSSR count). The number of likely N-dealkylation sites (tertiary alicyclic amines) is 1. The van der Waals surface area contributed by atoms with Crippen molar-refractivity contribution in [2.45, 2.75) is 24.8 Å². The van der Waals surface area contributed by atoms with Crippen molar-refractivity contribution in [1.82, 2.24) is 14.9 Å². The molecule has 1 aliphatic rings. The van der Waals surface area contributed by atoms with Gasteiger partial charge in [0, 0.05) is 23.7 Å². The first kappa shape index (κ1) is 19.2. The first-order chi connectivity index (χ1) is 13.6. The molecule has 1 fully saturated rings. The van der Waals surface area contributed by atoms with Crippen LogP contribution in [0.5, 0.6) is 0 Å². The summed E-state index contributed by atoms with van der Waals surface area (Å²) < 4.78 is 0. The molecule has 144 valence electrons. The topological polar surface area (TPSA) is 49.0 Å². The van der Waals surface area contributed by atoms with Gasteiger partial charge >= 0.3 is 0 Å². The minimum absolute atomic E-state index is 0.0371. The van der Waals surface area contributed by atoms with E-state index in [2.05, 4.69) is 27.0 Å². The molecule has 0 saturated carbocycles. The zero-order valence-corrected chi connectivity index (χ0v) is 16.8. The summed E-state index contributed by atoms with van der Waals surface area (Å²) in [7, 11) is 0. The van der Waals surface area contributed by atoms with Crippen LogP contribution in [0.25, 0.3) is 0 Å². The molecule has 3 aromatic rings. The van der Waals surface area contributed by atoms with Gasteiger partial charge in [0.15, 0.2) is 0 Å². The Hall–Kier alpha value is -2.14. The third kappa shape index (κ3) is 3.86. The number of halogens is 2. The Balaban J connectivity index is 1.92.